The first-order valence-corrected chi connectivity index (χ1v) is 15.6. The zero-order valence-electron chi connectivity index (χ0n) is 25.6. The van der Waals surface area contributed by atoms with Gasteiger partial charge in [0.15, 0.2) is 0 Å². The second kappa shape index (κ2) is 15.3. The Morgan fingerprint density at radius 1 is 0.837 bits per heavy atom. The van der Waals surface area contributed by atoms with Gasteiger partial charge in [0.25, 0.3) is 10.0 Å². The molecule has 0 aromatic heterocycles. The quantitative estimate of drug-likeness (QED) is 0.267. The average molecular weight is 612 g/mol. The normalized spacial score (nSPS) is 12.5. The molecule has 1 N–H and O–H groups in total. The summed E-state index contributed by atoms with van der Waals surface area (Å²) in [4.78, 5) is 29.2. The molecule has 0 fully saturated rings. The first-order valence-electron chi connectivity index (χ1n) is 14.1. The van der Waals surface area contributed by atoms with E-state index in [4.69, 9.17) is 14.2 Å². The number of hydrogen-bond acceptors (Lipinski definition) is 7. The molecule has 0 spiro atoms. The van der Waals surface area contributed by atoms with Gasteiger partial charge in [0.2, 0.25) is 11.8 Å². The lowest BCUT2D eigenvalue weighted by Crippen LogP contribution is -2.53. The maximum absolute atomic E-state index is 14.3. The van der Waals surface area contributed by atoms with E-state index < -0.39 is 28.5 Å². The summed E-state index contributed by atoms with van der Waals surface area (Å²) in [5.41, 5.74) is 0.876. The molecule has 2 amide bonds. The van der Waals surface area contributed by atoms with Gasteiger partial charge in [0, 0.05) is 18.7 Å². The van der Waals surface area contributed by atoms with E-state index in [0.29, 0.717) is 24.3 Å². The first kappa shape index (κ1) is 33.3. The van der Waals surface area contributed by atoms with Crippen molar-refractivity contribution >= 4 is 27.5 Å². The van der Waals surface area contributed by atoms with Gasteiger partial charge in [0.05, 0.1) is 31.9 Å². The lowest BCUT2D eigenvalue weighted by molar-refractivity contribution is -0.140. The summed E-state index contributed by atoms with van der Waals surface area (Å²) in [6.07, 6.45) is 1.03. The van der Waals surface area contributed by atoms with Crippen LogP contribution < -0.4 is 23.8 Å². The van der Waals surface area contributed by atoms with E-state index >= 15 is 0 Å². The number of carbonyl (C=O) groups is 2. The second-order valence-electron chi connectivity index (χ2n) is 9.97. The van der Waals surface area contributed by atoms with Crippen molar-refractivity contribution in [2.45, 2.75) is 57.1 Å². The van der Waals surface area contributed by atoms with Gasteiger partial charge in [0.1, 0.15) is 29.8 Å². The predicted molar refractivity (Wildman–Crippen MR) is 166 cm³/mol. The van der Waals surface area contributed by atoms with E-state index in [-0.39, 0.29) is 34.8 Å². The van der Waals surface area contributed by atoms with Crippen molar-refractivity contribution in [3.05, 3.63) is 78.4 Å². The van der Waals surface area contributed by atoms with Gasteiger partial charge in [-0.2, -0.15) is 0 Å². The molecule has 0 heterocycles. The van der Waals surface area contributed by atoms with Crippen LogP contribution in [-0.2, 0) is 26.2 Å². The first-order chi connectivity index (χ1) is 20.6. The Bertz CT molecular complexity index is 1460. The molecule has 3 aromatic carbocycles. The van der Waals surface area contributed by atoms with Crippen LogP contribution in [0.15, 0.2) is 77.7 Å². The Labute approximate surface area is 254 Å². The van der Waals surface area contributed by atoms with Crippen LogP contribution in [-0.4, -0.2) is 65.1 Å². The van der Waals surface area contributed by atoms with E-state index in [0.717, 1.165) is 9.87 Å². The number of rotatable bonds is 15. The van der Waals surface area contributed by atoms with Crippen LogP contribution in [0.1, 0.15) is 39.2 Å². The molecule has 43 heavy (non-hydrogen) atoms. The molecule has 11 heteroatoms. The third-order valence-corrected chi connectivity index (χ3v) is 8.94. The van der Waals surface area contributed by atoms with Crippen LogP contribution in [0.3, 0.4) is 0 Å². The van der Waals surface area contributed by atoms with Gasteiger partial charge in [-0.1, -0.05) is 44.2 Å². The average Bonchev–Trinajstić information content (AvgIpc) is 3.03. The van der Waals surface area contributed by atoms with Gasteiger partial charge in [-0.05, 0) is 61.7 Å². The standard InChI is InChI=1S/C32H41N3O7S/c1-7-23(3)33-32(37)28(8-2)34(21-24-14-16-25(40-4)17-15-24)31(36)22-35(43(38,39)27-12-10-9-11-13-27)29-20-26(41-5)18-19-30(29)42-6/h9-20,23,28H,7-8,21-22H2,1-6H3,(H,33,37)/t23-,28-/m0/s1. The third-order valence-electron chi connectivity index (χ3n) is 7.16. The van der Waals surface area contributed by atoms with Crippen molar-refractivity contribution in [3.8, 4) is 17.2 Å². The number of hydrogen-bond donors (Lipinski definition) is 1. The zero-order chi connectivity index (χ0) is 31.6. The highest BCUT2D eigenvalue weighted by atomic mass is 32.2. The van der Waals surface area contributed by atoms with Crippen LogP contribution in [0.2, 0.25) is 0 Å². The smallest absolute Gasteiger partial charge is 0.264 e. The van der Waals surface area contributed by atoms with Crippen molar-refractivity contribution in [2.24, 2.45) is 0 Å². The van der Waals surface area contributed by atoms with Gasteiger partial charge in [-0.25, -0.2) is 8.42 Å². The molecule has 0 saturated heterocycles. The molecule has 3 aromatic rings. The van der Waals surface area contributed by atoms with Gasteiger partial charge in [-0.3, -0.25) is 13.9 Å². The monoisotopic (exact) mass is 611 g/mol. The molecule has 232 valence electrons. The molecular weight excluding hydrogens is 570 g/mol. The fourth-order valence-electron chi connectivity index (χ4n) is 4.51. The number of benzene rings is 3. The predicted octanol–water partition coefficient (Wildman–Crippen LogP) is 4.63. The Morgan fingerprint density at radius 3 is 2.02 bits per heavy atom. The lowest BCUT2D eigenvalue weighted by Gasteiger charge is -2.34. The van der Waals surface area contributed by atoms with E-state index in [1.165, 1.54) is 37.3 Å². The summed E-state index contributed by atoms with van der Waals surface area (Å²) >= 11 is 0. The zero-order valence-corrected chi connectivity index (χ0v) is 26.4. The highest BCUT2D eigenvalue weighted by molar-refractivity contribution is 7.92. The molecular formula is C32H41N3O7S. The number of ether oxygens (including phenoxy) is 3. The topological polar surface area (TPSA) is 114 Å². The SMILES string of the molecule is CC[C@H](C)NC(=O)[C@H](CC)N(Cc1ccc(OC)cc1)C(=O)CN(c1cc(OC)ccc1OC)S(=O)(=O)c1ccccc1. The van der Waals surface area contributed by atoms with Crippen molar-refractivity contribution in [3.63, 3.8) is 0 Å². The second-order valence-corrected chi connectivity index (χ2v) is 11.8. The number of anilines is 1. The summed E-state index contributed by atoms with van der Waals surface area (Å²) in [5, 5.41) is 2.97. The molecule has 0 aliphatic rings. The summed E-state index contributed by atoms with van der Waals surface area (Å²) < 4.78 is 45.4. The van der Waals surface area contributed by atoms with E-state index in [1.54, 1.807) is 49.6 Å². The lowest BCUT2D eigenvalue weighted by atomic mass is 10.1. The maximum Gasteiger partial charge on any atom is 0.264 e. The Morgan fingerprint density at radius 2 is 1.47 bits per heavy atom. The number of carbonyl (C=O) groups excluding carboxylic acids is 2. The number of amides is 2. The molecule has 0 unspecified atom stereocenters. The van der Waals surface area contributed by atoms with Crippen LogP contribution in [0.4, 0.5) is 5.69 Å². The van der Waals surface area contributed by atoms with E-state index in [1.807, 2.05) is 32.9 Å². The van der Waals surface area contributed by atoms with E-state index in [9.17, 15) is 18.0 Å². The molecule has 0 radical (unpaired) electrons. The fourth-order valence-corrected chi connectivity index (χ4v) is 5.95. The molecule has 3 rings (SSSR count). The van der Waals surface area contributed by atoms with Gasteiger partial charge >= 0.3 is 0 Å². The van der Waals surface area contributed by atoms with Crippen molar-refractivity contribution in [1.29, 1.82) is 0 Å². The fraction of sp³-hybridized carbons (Fsp3) is 0.375. The largest absolute Gasteiger partial charge is 0.497 e. The number of nitrogens with zero attached hydrogens (tertiary/aromatic N) is 2. The molecule has 10 nitrogen and oxygen atoms in total. The van der Waals surface area contributed by atoms with Crippen LogP contribution in [0, 0.1) is 0 Å². The van der Waals surface area contributed by atoms with Gasteiger partial charge in [-0.15, -0.1) is 0 Å². The highest BCUT2D eigenvalue weighted by Gasteiger charge is 2.35. The van der Waals surface area contributed by atoms with E-state index in [2.05, 4.69) is 5.32 Å². The summed E-state index contributed by atoms with van der Waals surface area (Å²) in [7, 11) is 0.180. The minimum atomic E-state index is -4.26. The Kier molecular flexibility index (Phi) is 11.8. The number of sulfonamides is 1. The molecule has 0 aliphatic heterocycles. The highest BCUT2D eigenvalue weighted by Crippen LogP contribution is 2.36. The third kappa shape index (κ3) is 8.19. The van der Waals surface area contributed by atoms with Crippen LogP contribution in [0.25, 0.3) is 0 Å². The number of methoxy groups -OCH3 is 3. The summed E-state index contributed by atoms with van der Waals surface area (Å²) in [6, 6.07) is 18.8. The minimum absolute atomic E-state index is 0.00377. The Balaban J connectivity index is 2.13. The molecule has 0 bridgehead atoms. The van der Waals surface area contributed by atoms with Crippen LogP contribution >= 0.6 is 0 Å². The van der Waals surface area contributed by atoms with Crippen molar-refractivity contribution in [1.82, 2.24) is 10.2 Å². The Hall–Kier alpha value is -4.25. The summed E-state index contributed by atoms with van der Waals surface area (Å²) in [6.45, 7) is 5.15. The molecule has 0 aliphatic carbocycles. The molecule has 2 atom stereocenters. The maximum atomic E-state index is 14.3. The summed E-state index contributed by atoms with van der Waals surface area (Å²) in [5.74, 6) is 0.386. The van der Waals surface area contributed by atoms with Crippen molar-refractivity contribution in [2.75, 3.05) is 32.2 Å². The molecule has 0 saturated carbocycles. The number of nitrogens with one attached hydrogen (secondary N) is 1. The van der Waals surface area contributed by atoms with Crippen LogP contribution in [0.5, 0.6) is 17.2 Å². The van der Waals surface area contributed by atoms with Crippen molar-refractivity contribution < 1.29 is 32.2 Å². The minimum Gasteiger partial charge on any atom is -0.497 e. The van der Waals surface area contributed by atoms with Gasteiger partial charge < -0.3 is 24.4 Å².